The van der Waals surface area contributed by atoms with Gasteiger partial charge in [-0.15, -0.1) is 0 Å². The van der Waals surface area contributed by atoms with Gasteiger partial charge in [-0.25, -0.2) is 0 Å². The first-order valence-corrected chi connectivity index (χ1v) is 7.66. The van der Waals surface area contributed by atoms with Crippen LogP contribution in [-0.4, -0.2) is 41.6 Å². The van der Waals surface area contributed by atoms with Crippen LogP contribution in [0, 0.1) is 11.8 Å². The lowest BCUT2D eigenvalue weighted by molar-refractivity contribution is 0.199. The number of thioether (sulfide) groups is 1. The molecule has 0 amide bonds. The Morgan fingerprint density at radius 3 is 2.75 bits per heavy atom. The molecule has 0 aromatic heterocycles. The van der Waals surface area contributed by atoms with Crippen LogP contribution in [0.4, 0.5) is 0 Å². The summed E-state index contributed by atoms with van der Waals surface area (Å²) in [6.07, 6.45) is 4.18. The van der Waals surface area contributed by atoms with Gasteiger partial charge in [0.2, 0.25) is 0 Å². The second-order valence-corrected chi connectivity index (χ2v) is 7.83. The summed E-state index contributed by atoms with van der Waals surface area (Å²) in [4.78, 5) is 2.68. The maximum atomic E-state index is 5.86. The normalized spacial score (nSPS) is 35.4. The molecule has 3 heteroatoms. The summed E-state index contributed by atoms with van der Waals surface area (Å²) in [5, 5.41) is 0. The average molecular weight is 242 g/mol. The molecule has 1 heterocycles. The first-order valence-electron chi connectivity index (χ1n) is 6.67. The van der Waals surface area contributed by atoms with E-state index in [1.165, 1.54) is 44.6 Å². The summed E-state index contributed by atoms with van der Waals surface area (Å²) >= 11 is 2.12. The predicted octanol–water partition coefficient (Wildman–Crippen LogP) is 2.19. The van der Waals surface area contributed by atoms with Gasteiger partial charge in [0.1, 0.15) is 0 Å². The first-order chi connectivity index (χ1) is 7.61. The van der Waals surface area contributed by atoms with Crippen LogP contribution < -0.4 is 5.73 Å². The highest BCUT2D eigenvalue weighted by Gasteiger charge is 2.32. The zero-order chi connectivity index (χ0) is 11.6. The summed E-state index contributed by atoms with van der Waals surface area (Å²) in [6.45, 7) is 9.48. The lowest BCUT2D eigenvalue weighted by Gasteiger charge is -2.39. The minimum atomic E-state index is 0.453. The van der Waals surface area contributed by atoms with E-state index in [1.807, 2.05) is 0 Å². The molecule has 0 aromatic rings. The Labute approximate surface area is 104 Å². The molecular formula is C13H26N2S. The van der Waals surface area contributed by atoms with Crippen molar-refractivity contribution in [2.45, 2.75) is 37.9 Å². The zero-order valence-electron chi connectivity index (χ0n) is 10.7. The molecule has 0 radical (unpaired) electrons. The largest absolute Gasteiger partial charge is 0.330 e. The van der Waals surface area contributed by atoms with Gasteiger partial charge in [0, 0.05) is 30.1 Å². The highest BCUT2D eigenvalue weighted by molar-refractivity contribution is 8.00. The Morgan fingerprint density at radius 2 is 2.06 bits per heavy atom. The molecule has 2 rings (SSSR count). The SMILES string of the molecule is CC1(C)CN(CC2CCCC2CN)CCS1. The topological polar surface area (TPSA) is 29.3 Å². The molecule has 2 nitrogen and oxygen atoms in total. The quantitative estimate of drug-likeness (QED) is 0.822. The molecule has 1 aliphatic carbocycles. The first kappa shape index (κ1) is 12.7. The Balaban J connectivity index is 1.84. The van der Waals surface area contributed by atoms with Gasteiger partial charge < -0.3 is 10.6 Å². The Bertz CT molecular complexity index is 230. The van der Waals surface area contributed by atoms with Crippen molar-refractivity contribution in [3.05, 3.63) is 0 Å². The molecule has 1 saturated carbocycles. The molecule has 2 fully saturated rings. The molecule has 2 atom stereocenters. The highest BCUT2D eigenvalue weighted by atomic mass is 32.2. The second kappa shape index (κ2) is 5.28. The Morgan fingerprint density at radius 1 is 1.31 bits per heavy atom. The molecule has 94 valence electrons. The van der Waals surface area contributed by atoms with Crippen LogP contribution in [0.3, 0.4) is 0 Å². The third kappa shape index (κ3) is 3.14. The fraction of sp³-hybridized carbons (Fsp3) is 1.00. The van der Waals surface area contributed by atoms with E-state index in [0.29, 0.717) is 4.75 Å². The van der Waals surface area contributed by atoms with E-state index in [2.05, 4.69) is 30.5 Å². The Hall–Kier alpha value is 0.270. The maximum absolute atomic E-state index is 5.86. The molecule has 1 aliphatic heterocycles. The fourth-order valence-electron chi connectivity index (χ4n) is 3.27. The minimum Gasteiger partial charge on any atom is -0.330 e. The third-order valence-corrected chi connectivity index (χ3v) is 5.41. The summed E-state index contributed by atoms with van der Waals surface area (Å²) in [5.74, 6) is 2.98. The number of rotatable bonds is 3. The van der Waals surface area contributed by atoms with Crippen LogP contribution >= 0.6 is 11.8 Å². The van der Waals surface area contributed by atoms with Crippen molar-refractivity contribution in [2.24, 2.45) is 17.6 Å². The smallest absolute Gasteiger partial charge is 0.0231 e. The highest BCUT2D eigenvalue weighted by Crippen LogP contribution is 2.34. The van der Waals surface area contributed by atoms with Crippen LogP contribution in [0.15, 0.2) is 0 Å². The third-order valence-electron chi connectivity index (χ3n) is 4.12. The molecule has 2 unspecified atom stereocenters. The molecule has 1 saturated heterocycles. The van der Waals surface area contributed by atoms with E-state index in [1.54, 1.807) is 0 Å². The van der Waals surface area contributed by atoms with Crippen LogP contribution in [0.2, 0.25) is 0 Å². The standard InChI is InChI=1S/C13H26N2S/c1-13(2)10-15(6-7-16-13)9-12-5-3-4-11(12)8-14/h11-12H,3-10,14H2,1-2H3. The molecule has 0 bridgehead atoms. The van der Waals surface area contributed by atoms with Gasteiger partial charge in [-0.1, -0.05) is 6.42 Å². The lowest BCUT2D eigenvalue weighted by Crippen LogP contribution is -2.45. The molecular weight excluding hydrogens is 216 g/mol. The van der Waals surface area contributed by atoms with E-state index in [0.717, 1.165) is 18.4 Å². The van der Waals surface area contributed by atoms with Gasteiger partial charge in [-0.3, -0.25) is 0 Å². The monoisotopic (exact) mass is 242 g/mol. The molecule has 0 spiro atoms. The number of hydrogen-bond acceptors (Lipinski definition) is 3. The fourth-order valence-corrected chi connectivity index (χ4v) is 4.44. The molecule has 2 N–H and O–H groups in total. The summed E-state index contributed by atoms with van der Waals surface area (Å²) in [7, 11) is 0. The zero-order valence-corrected chi connectivity index (χ0v) is 11.6. The van der Waals surface area contributed by atoms with Gasteiger partial charge in [-0.05, 0) is 45.1 Å². The van der Waals surface area contributed by atoms with E-state index < -0.39 is 0 Å². The number of nitrogens with two attached hydrogens (primary N) is 1. The van der Waals surface area contributed by atoms with Gasteiger partial charge in [-0.2, -0.15) is 11.8 Å². The van der Waals surface area contributed by atoms with Gasteiger partial charge in [0.25, 0.3) is 0 Å². The summed E-state index contributed by atoms with van der Waals surface area (Å²) < 4.78 is 0.453. The van der Waals surface area contributed by atoms with Gasteiger partial charge in [0.15, 0.2) is 0 Å². The van der Waals surface area contributed by atoms with E-state index in [-0.39, 0.29) is 0 Å². The van der Waals surface area contributed by atoms with Crippen LogP contribution in [-0.2, 0) is 0 Å². The number of hydrogen-bond donors (Lipinski definition) is 1. The van der Waals surface area contributed by atoms with Crippen molar-refractivity contribution in [1.29, 1.82) is 0 Å². The van der Waals surface area contributed by atoms with Gasteiger partial charge in [0.05, 0.1) is 0 Å². The van der Waals surface area contributed by atoms with Crippen molar-refractivity contribution in [1.82, 2.24) is 4.90 Å². The van der Waals surface area contributed by atoms with Gasteiger partial charge >= 0.3 is 0 Å². The average Bonchev–Trinajstić information content (AvgIpc) is 2.63. The van der Waals surface area contributed by atoms with Crippen LogP contribution in [0.25, 0.3) is 0 Å². The van der Waals surface area contributed by atoms with Crippen molar-refractivity contribution >= 4 is 11.8 Å². The summed E-state index contributed by atoms with van der Waals surface area (Å²) in [6, 6.07) is 0. The lowest BCUT2D eigenvalue weighted by atomic mass is 9.95. The molecule has 16 heavy (non-hydrogen) atoms. The Kier molecular flexibility index (Phi) is 4.20. The number of nitrogens with zero attached hydrogens (tertiary/aromatic N) is 1. The van der Waals surface area contributed by atoms with Crippen LogP contribution in [0.1, 0.15) is 33.1 Å². The van der Waals surface area contributed by atoms with Crippen molar-refractivity contribution in [3.63, 3.8) is 0 Å². The van der Waals surface area contributed by atoms with Crippen molar-refractivity contribution in [3.8, 4) is 0 Å². The summed E-state index contributed by atoms with van der Waals surface area (Å²) in [5.41, 5.74) is 5.86. The second-order valence-electron chi connectivity index (χ2n) is 6.03. The van der Waals surface area contributed by atoms with E-state index in [4.69, 9.17) is 5.73 Å². The molecule has 0 aromatic carbocycles. The maximum Gasteiger partial charge on any atom is 0.0231 e. The minimum absolute atomic E-state index is 0.453. The predicted molar refractivity (Wildman–Crippen MR) is 72.9 cm³/mol. The van der Waals surface area contributed by atoms with E-state index >= 15 is 0 Å². The van der Waals surface area contributed by atoms with Crippen molar-refractivity contribution in [2.75, 3.05) is 31.9 Å². The van der Waals surface area contributed by atoms with Crippen LogP contribution in [0.5, 0.6) is 0 Å². The van der Waals surface area contributed by atoms with E-state index in [9.17, 15) is 0 Å². The molecule has 2 aliphatic rings. The van der Waals surface area contributed by atoms with Crippen molar-refractivity contribution < 1.29 is 0 Å².